The van der Waals surface area contributed by atoms with Crippen LogP contribution in [0, 0.1) is 20.8 Å². The van der Waals surface area contributed by atoms with E-state index in [2.05, 4.69) is 5.32 Å². The fourth-order valence-electron chi connectivity index (χ4n) is 2.61. The van der Waals surface area contributed by atoms with Crippen LogP contribution < -0.4 is 10.1 Å². The summed E-state index contributed by atoms with van der Waals surface area (Å²) in [5, 5.41) is 3.52. The fourth-order valence-corrected chi connectivity index (χ4v) is 2.72. The summed E-state index contributed by atoms with van der Waals surface area (Å²) in [5.74, 6) is -0.0812. The largest absolute Gasteiger partial charge is 0.481 e. The number of aryl methyl sites for hydroxylation is 3. The molecule has 0 fully saturated rings. The van der Waals surface area contributed by atoms with E-state index in [9.17, 15) is 9.59 Å². The zero-order valence-electron chi connectivity index (χ0n) is 16.2. The van der Waals surface area contributed by atoms with Crippen molar-refractivity contribution in [3.8, 4) is 5.75 Å². The topological polar surface area (TPSA) is 64.6 Å². The van der Waals surface area contributed by atoms with Gasteiger partial charge in [-0.25, -0.2) is 4.79 Å². The van der Waals surface area contributed by atoms with Crippen LogP contribution in [0.1, 0.15) is 40.9 Å². The Labute approximate surface area is 164 Å². The first-order valence-corrected chi connectivity index (χ1v) is 9.12. The Balaban J connectivity index is 2.07. The average molecular weight is 390 g/mol. The zero-order valence-corrected chi connectivity index (χ0v) is 16.9. The standard InChI is InChI=1S/C21H24ClNO4/c1-6-26-21(25)16-7-8-18(12(2)9-16)23-20(24)15(5)27-17-10-13(3)19(22)14(4)11-17/h7-11,15H,6H2,1-5H3,(H,23,24)/t15-/m0/s1. The van der Waals surface area contributed by atoms with Gasteiger partial charge >= 0.3 is 5.97 Å². The number of nitrogens with one attached hydrogen (secondary N) is 1. The zero-order chi connectivity index (χ0) is 20.1. The number of hydrogen-bond donors (Lipinski definition) is 1. The molecule has 1 N–H and O–H groups in total. The smallest absolute Gasteiger partial charge is 0.338 e. The lowest BCUT2D eigenvalue weighted by molar-refractivity contribution is -0.122. The van der Waals surface area contributed by atoms with Gasteiger partial charge in [-0.3, -0.25) is 4.79 Å². The summed E-state index contributed by atoms with van der Waals surface area (Å²) in [6.07, 6.45) is -0.700. The van der Waals surface area contributed by atoms with Gasteiger partial charge in [0.1, 0.15) is 5.75 Å². The van der Waals surface area contributed by atoms with E-state index in [1.807, 2.05) is 20.8 Å². The highest BCUT2D eigenvalue weighted by atomic mass is 35.5. The van der Waals surface area contributed by atoms with Crippen LogP contribution in [0.3, 0.4) is 0 Å². The first kappa shape index (κ1) is 20.8. The lowest BCUT2D eigenvalue weighted by Gasteiger charge is -2.17. The van der Waals surface area contributed by atoms with Crippen molar-refractivity contribution < 1.29 is 19.1 Å². The molecule has 5 nitrogen and oxygen atoms in total. The third kappa shape index (κ3) is 5.23. The van der Waals surface area contributed by atoms with E-state index in [0.717, 1.165) is 16.7 Å². The number of benzene rings is 2. The van der Waals surface area contributed by atoms with E-state index in [-0.39, 0.29) is 11.9 Å². The molecule has 0 unspecified atom stereocenters. The Bertz CT molecular complexity index is 840. The molecule has 0 spiro atoms. The maximum absolute atomic E-state index is 12.5. The quantitative estimate of drug-likeness (QED) is 0.717. The van der Waals surface area contributed by atoms with Crippen molar-refractivity contribution >= 4 is 29.2 Å². The first-order valence-electron chi connectivity index (χ1n) is 8.75. The van der Waals surface area contributed by atoms with Crippen LogP contribution in [-0.2, 0) is 9.53 Å². The van der Waals surface area contributed by atoms with Crippen LogP contribution in [0.4, 0.5) is 5.69 Å². The van der Waals surface area contributed by atoms with Crippen LogP contribution >= 0.6 is 11.6 Å². The molecule has 0 aliphatic rings. The number of amides is 1. The molecule has 0 saturated carbocycles. The fraction of sp³-hybridized carbons (Fsp3) is 0.333. The van der Waals surface area contributed by atoms with Crippen LogP contribution in [0.15, 0.2) is 30.3 Å². The van der Waals surface area contributed by atoms with Crippen molar-refractivity contribution in [2.45, 2.75) is 40.7 Å². The summed E-state index contributed by atoms with van der Waals surface area (Å²) in [5.41, 5.74) is 3.62. The van der Waals surface area contributed by atoms with E-state index in [1.165, 1.54) is 0 Å². The first-order chi connectivity index (χ1) is 12.7. The molecule has 0 bridgehead atoms. The third-order valence-electron chi connectivity index (χ3n) is 4.09. The Morgan fingerprint density at radius 2 is 1.70 bits per heavy atom. The molecule has 2 aromatic carbocycles. The van der Waals surface area contributed by atoms with Crippen molar-refractivity contribution in [2.75, 3.05) is 11.9 Å². The summed E-state index contributed by atoms with van der Waals surface area (Å²) in [6.45, 7) is 9.34. The summed E-state index contributed by atoms with van der Waals surface area (Å²) in [4.78, 5) is 24.3. The molecule has 27 heavy (non-hydrogen) atoms. The highest BCUT2D eigenvalue weighted by Crippen LogP contribution is 2.26. The predicted molar refractivity (Wildman–Crippen MR) is 107 cm³/mol. The molecule has 1 atom stereocenters. The SMILES string of the molecule is CCOC(=O)c1ccc(NC(=O)[C@H](C)Oc2cc(C)c(Cl)c(C)c2)c(C)c1. The van der Waals surface area contributed by atoms with Gasteiger partial charge in [-0.1, -0.05) is 11.6 Å². The second-order valence-corrected chi connectivity index (χ2v) is 6.75. The Morgan fingerprint density at radius 1 is 1.07 bits per heavy atom. The van der Waals surface area contributed by atoms with Crippen molar-refractivity contribution in [2.24, 2.45) is 0 Å². The van der Waals surface area contributed by atoms with Gasteiger partial charge in [0.2, 0.25) is 0 Å². The predicted octanol–water partition coefficient (Wildman–Crippen LogP) is 4.85. The second-order valence-electron chi connectivity index (χ2n) is 6.37. The molecule has 0 saturated heterocycles. The number of rotatable bonds is 6. The lowest BCUT2D eigenvalue weighted by Crippen LogP contribution is -2.30. The number of halogens is 1. The van der Waals surface area contributed by atoms with Crippen LogP contribution in [0.5, 0.6) is 5.75 Å². The van der Waals surface area contributed by atoms with Crippen LogP contribution in [-0.4, -0.2) is 24.6 Å². The van der Waals surface area contributed by atoms with E-state index in [4.69, 9.17) is 21.1 Å². The monoisotopic (exact) mass is 389 g/mol. The molecular formula is C21H24ClNO4. The maximum atomic E-state index is 12.5. The van der Waals surface area contributed by atoms with E-state index in [0.29, 0.717) is 28.6 Å². The van der Waals surface area contributed by atoms with E-state index in [1.54, 1.807) is 44.2 Å². The third-order valence-corrected chi connectivity index (χ3v) is 4.68. The molecule has 0 aliphatic heterocycles. The number of esters is 1. The summed E-state index contributed by atoms with van der Waals surface area (Å²) >= 11 is 6.16. The normalized spacial score (nSPS) is 11.6. The van der Waals surface area contributed by atoms with Gasteiger partial charge in [0.15, 0.2) is 6.10 Å². The number of ether oxygens (including phenoxy) is 2. The van der Waals surface area contributed by atoms with E-state index < -0.39 is 6.10 Å². The maximum Gasteiger partial charge on any atom is 0.338 e. The lowest BCUT2D eigenvalue weighted by atomic mass is 10.1. The van der Waals surface area contributed by atoms with Crippen molar-refractivity contribution in [1.82, 2.24) is 0 Å². The summed E-state index contributed by atoms with van der Waals surface area (Å²) < 4.78 is 10.7. The highest BCUT2D eigenvalue weighted by Gasteiger charge is 2.17. The van der Waals surface area contributed by atoms with Crippen molar-refractivity contribution in [3.63, 3.8) is 0 Å². The molecule has 1 amide bonds. The summed E-state index contributed by atoms with van der Waals surface area (Å²) in [6, 6.07) is 8.60. The molecule has 0 aliphatic carbocycles. The number of anilines is 1. The minimum Gasteiger partial charge on any atom is -0.481 e. The number of carbonyl (C=O) groups is 2. The molecule has 0 heterocycles. The molecule has 6 heteroatoms. The molecule has 2 aromatic rings. The van der Waals surface area contributed by atoms with Crippen LogP contribution in [0.2, 0.25) is 5.02 Å². The van der Waals surface area contributed by atoms with Gasteiger partial charge in [-0.2, -0.15) is 0 Å². The average Bonchev–Trinajstić information content (AvgIpc) is 2.61. The van der Waals surface area contributed by atoms with Crippen molar-refractivity contribution in [1.29, 1.82) is 0 Å². The molecule has 0 radical (unpaired) electrons. The van der Waals surface area contributed by atoms with Gasteiger partial charge in [-0.05, 0) is 81.6 Å². The van der Waals surface area contributed by atoms with Gasteiger partial charge in [0, 0.05) is 10.7 Å². The number of carbonyl (C=O) groups excluding carboxylic acids is 2. The van der Waals surface area contributed by atoms with Gasteiger partial charge in [-0.15, -0.1) is 0 Å². The second kappa shape index (κ2) is 8.91. The highest BCUT2D eigenvalue weighted by molar-refractivity contribution is 6.32. The van der Waals surface area contributed by atoms with Gasteiger partial charge in [0.05, 0.1) is 12.2 Å². The molecule has 0 aromatic heterocycles. The Morgan fingerprint density at radius 3 is 2.26 bits per heavy atom. The van der Waals surface area contributed by atoms with Gasteiger partial charge < -0.3 is 14.8 Å². The minimum atomic E-state index is -0.700. The minimum absolute atomic E-state index is 0.285. The van der Waals surface area contributed by atoms with E-state index >= 15 is 0 Å². The summed E-state index contributed by atoms with van der Waals surface area (Å²) in [7, 11) is 0. The van der Waals surface area contributed by atoms with Crippen molar-refractivity contribution in [3.05, 3.63) is 57.6 Å². The van der Waals surface area contributed by atoms with Crippen LogP contribution in [0.25, 0.3) is 0 Å². The molecule has 2 rings (SSSR count). The van der Waals surface area contributed by atoms with Gasteiger partial charge in [0.25, 0.3) is 5.91 Å². The Hall–Kier alpha value is -2.53. The molecular weight excluding hydrogens is 366 g/mol. The Kier molecular flexibility index (Phi) is 6.86. The number of hydrogen-bond acceptors (Lipinski definition) is 4. The molecule has 144 valence electrons.